The fraction of sp³-hybridized carbons (Fsp3) is 0.500. The van der Waals surface area contributed by atoms with Crippen molar-refractivity contribution in [2.75, 3.05) is 6.61 Å². The van der Waals surface area contributed by atoms with E-state index in [0.717, 1.165) is 16.5 Å². The van der Waals surface area contributed by atoms with Gasteiger partial charge in [0.15, 0.2) is 0 Å². The average Bonchev–Trinajstić information content (AvgIpc) is 2.29. The zero-order chi connectivity index (χ0) is 12.5. The minimum atomic E-state index is -2.94. The van der Waals surface area contributed by atoms with Gasteiger partial charge in [0.25, 0.3) is 0 Å². The van der Waals surface area contributed by atoms with Crippen LogP contribution in [0.2, 0.25) is 0 Å². The summed E-state index contributed by atoms with van der Waals surface area (Å²) in [6.07, 6.45) is 0.613. The van der Waals surface area contributed by atoms with Gasteiger partial charge in [-0.05, 0) is 17.7 Å². The molecule has 1 fully saturated rings. The highest BCUT2D eigenvalue weighted by Crippen LogP contribution is 2.59. The summed E-state index contributed by atoms with van der Waals surface area (Å²) in [5.74, 6) is 0. The largest absolute Gasteiger partial charge is 0.333 e. The maximum Gasteiger partial charge on any atom is 0.333 e. The molecule has 1 aromatic carbocycles. The summed E-state index contributed by atoms with van der Waals surface area (Å²) in [5.41, 5.74) is 0.945. The van der Waals surface area contributed by atoms with Crippen molar-refractivity contribution in [2.45, 2.75) is 32.0 Å². The summed E-state index contributed by atoms with van der Waals surface area (Å²) >= 11 is 3.43. The van der Waals surface area contributed by atoms with Gasteiger partial charge in [-0.25, -0.2) is 0 Å². The Labute approximate surface area is 110 Å². The van der Waals surface area contributed by atoms with Crippen LogP contribution in [-0.4, -0.2) is 12.3 Å². The van der Waals surface area contributed by atoms with Crippen molar-refractivity contribution in [3.8, 4) is 0 Å². The molecule has 2 rings (SSSR count). The third-order valence-corrected chi connectivity index (χ3v) is 5.63. The lowest BCUT2D eigenvalue weighted by Gasteiger charge is -2.32. The Hall–Kier alpha value is -0.150. The first-order valence-corrected chi connectivity index (χ1v) is 8.10. The molecule has 0 amide bonds. The van der Waals surface area contributed by atoms with Crippen LogP contribution in [-0.2, 0) is 13.6 Å². The van der Waals surface area contributed by atoms with Crippen LogP contribution in [0.1, 0.15) is 31.9 Å². The van der Waals surface area contributed by atoms with Crippen LogP contribution in [0.25, 0.3) is 0 Å². The van der Waals surface area contributed by atoms with Crippen molar-refractivity contribution >= 4 is 23.5 Å². The van der Waals surface area contributed by atoms with E-state index < -0.39 is 7.60 Å². The Morgan fingerprint density at radius 2 is 2.24 bits per heavy atom. The zero-order valence-corrected chi connectivity index (χ0v) is 12.4. The molecule has 2 unspecified atom stereocenters. The third kappa shape index (κ3) is 3.00. The zero-order valence-electron chi connectivity index (χ0n) is 9.93. The molecule has 0 N–H and O–H groups in total. The molecule has 1 heterocycles. The van der Waals surface area contributed by atoms with E-state index in [4.69, 9.17) is 9.05 Å². The van der Waals surface area contributed by atoms with Crippen LogP contribution >= 0.6 is 23.5 Å². The van der Waals surface area contributed by atoms with Crippen LogP contribution in [0.3, 0.4) is 0 Å². The molecule has 0 radical (unpaired) electrons. The topological polar surface area (TPSA) is 35.5 Å². The molecule has 1 aromatic rings. The van der Waals surface area contributed by atoms with Gasteiger partial charge in [0.2, 0.25) is 0 Å². The first kappa shape index (κ1) is 13.3. The molecule has 0 bridgehead atoms. The number of halogens is 1. The lowest BCUT2D eigenvalue weighted by Crippen LogP contribution is -2.18. The van der Waals surface area contributed by atoms with E-state index in [1.165, 1.54) is 0 Å². The number of hydrogen-bond acceptors (Lipinski definition) is 3. The molecule has 2 atom stereocenters. The first-order valence-electron chi connectivity index (χ1n) is 5.69. The Kier molecular flexibility index (Phi) is 4.09. The molecule has 1 aliphatic heterocycles. The summed E-state index contributed by atoms with van der Waals surface area (Å²) in [4.78, 5) is 0. The van der Waals surface area contributed by atoms with E-state index in [-0.39, 0.29) is 11.8 Å². The van der Waals surface area contributed by atoms with Crippen LogP contribution in [0, 0.1) is 0 Å². The maximum atomic E-state index is 12.3. The van der Waals surface area contributed by atoms with Crippen LogP contribution < -0.4 is 0 Å². The summed E-state index contributed by atoms with van der Waals surface area (Å²) in [6.45, 7) is 4.22. The molecule has 0 aliphatic carbocycles. The molecular weight excluding hydrogens is 303 g/mol. The van der Waals surface area contributed by atoms with Crippen molar-refractivity contribution in [3.63, 3.8) is 0 Å². The van der Waals surface area contributed by atoms with Crippen molar-refractivity contribution in [2.24, 2.45) is 0 Å². The minimum absolute atomic E-state index is 0.0996. The molecule has 0 saturated carbocycles. The molecule has 0 spiro atoms. The van der Waals surface area contributed by atoms with Crippen LogP contribution in [0.5, 0.6) is 0 Å². The predicted octanol–water partition coefficient (Wildman–Crippen LogP) is 4.53. The van der Waals surface area contributed by atoms with E-state index in [1.54, 1.807) is 0 Å². The highest BCUT2D eigenvalue weighted by Gasteiger charge is 2.37. The summed E-state index contributed by atoms with van der Waals surface area (Å²) in [6, 6.07) is 7.91. The molecule has 1 saturated heterocycles. The van der Waals surface area contributed by atoms with Crippen LogP contribution in [0.4, 0.5) is 0 Å². The molecule has 1 aliphatic rings. The van der Waals surface area contributed by atoms with Crippen molar-refractivity contribution < 1.29 is 13.6 Å². The summed E-state index contributed by atoms with van der Waals surface area (Å²) < 4.78 is 24.4. The first-order chi connectivity index (χ1) is 8.01. The molecule has 5 heteroatoms. The van der Waals surface area contributed by atoms with E-state index in [9.17, 15) is 4.57 Å². The Morgan fingerprint density at radius 1 is 1.47 bits per heavy atom. The quantitative estimate of drug-likeness (QED) is 0.751. The summed E-state index contributed by atoms with van der Waals surface area (Å²) in [5, 5.41) is 0. The fourth-order valence-corrected chi connectivity index (χ4v) is 3.71. The highest BCUT2D eigenvalue weighted by molar-refractivity contribution is 9.10. The van der Waals surface area contributed by atoms with E-state index in [1.807, 2.05) is 38.1 Å². The molecular formula is C12H16BrO3P. The number of benzene rings is 1. The van der Waals surface area contributed by atoms with Gasteiger partial charge >= 0.3 is 7.60 Å². The van der Waals surface area contributed by atoms with Gasteiger partial charge in [-0.2, -0.15) is 0 Å². The van der Waals surface area contributed by atoms with Gasteiger partial charge in [-0.1, -0.05) is 41.9 Å². The minimum Gasteiger partial charge on any atom is -0.308 e. The Morgan fingerprint density at radius 3 is 2.88 bits per heavy atom. The fourth-order valence-electron chi connectivity index (χ4n) is 1.75. The monoisotopic (exact) mass is 318 g/mol. The van der Waals surface area contributed by atoms with Crippen molar-refractivity contribution in [1.29, 1.82) is 0 Å². The second-order valence-electron chi connectivity index (χ2n) is 4.40. The van der Waals surface area contributed by atoms with Gasteiger partial charge in [0.1, 0.15) is 0 Å². The van der Waals surface area contributed by atoms with Gasteiger partial charge in [-0.3, -0.25) is 4.57 Å². The van der Waals surface area contributed by atoms with Crippen molar-refractivity contribution in [3.05, 3.63) is 34.3 Å². The number of rotatable bonds is 2. The lowest BCUT2D eigenvalue weighted by atomic mass is 10.1. The number of hydrogen-bond donors (Lipinski definition) is 0. The van der Waals surface area contributed by atoms with E-state index in [2.05, 4.69) is 15.9 Å². The van der Waals surface area contributed by atoms with Gasteiger partial charge in [0.05, 0.1) is 18.4 Å². The smallest absolute Gasteiger partial charge is 0.308 e. The molecule has 0 aromatic heterocycles. The molecule has 3 nitrogen and oxygen atoms in total. The molecule has 94 valence electrons. The average molecular weight is 319 g/mol. The van der Waals surface area contributed by atoms with Gasteiger partial charge in [0, 0.05) is 10.9 Å². The second-order valence-corrected chi connectivity index (χ2v) is 7.90. The molecule has 17 heavy (non-hydrogen) atoms. The van der Waals surface area contributed by atoms with Gasteiger partial charge < -0.3 is 9.05 Å². The summed E-state index contributed by atoms with van der Waals surface area (Å²) in [7, 11) is -2.94. The van der Waals surface area contributed by atoms with E-state index >= 15 is 0 Å². The van der Waals surface area contributed by atoms with Gasteiger partial charge in [-0.15, -0.1) is 0 Å². The SMILES string of the molecule is CC(C)P1(=O)OCCC(c2cccc(Br)c2)O1. The van der Waals surface area contributed by atoms with E-state index in [0.29, 0.717) is 6.61 Å². The second kappa shape index (κ2) is 5.23. The normalized spacial score (nSPS) is 29.5. The van der Waals surface area contributed by atoms with Crippen molar-refractivity contribution in [1.82, 2.24) is 0 Å². The Balaban J connectivity index is 2.21. The maximum absolute atomic E-state index is 12.3. The lowest BCUT2D eigenvalue weighted by molar-refractivity contribution is 0.0781. The Bertz CT molecular complexity index is 447. The van der Waals surface area contributed by atoms with Crippen LogP contribution in [0.15, 0.2) is 28.7 Å². The highest BCUT2D eigenvalue weighted by atomic mass is 79.9. The third-order valence-electron chi connectivity index (χ3n) is 2.78. The predicted molar refractivity (Wildman–Crippen MR) is 71.3 cm³/mol. The standard InChI is InChI=1S/C12H16BrO3P/c1-9(2)17(14)15-7-6-12(16-17)10-4-3-5-11(13)8-10/h3-5,8-9,12H,6-7H2,1-2H3.